The highest BCUT2D eigenvalue weighted by Gasteiger charge is 2.41. The van der Waals surface area contributed by atoms with Crippen molar-refractivity contribution in [3.8, 4) is 5.75 Å². The first-order valence-corrected chi connectivity index (χ1v) is 12.0. The summed E-state index contributed by atoms with van der Waals surface area (Å²) < 4.78 is 57.6. The zero-order valence-corrected chi connectivity index (χ0v) is 17.7. The predicted octanol–water partition coefficient (Wildman–Crippen LogP) is 1.53. The number of sulfonamides is 2. The topological polar surface area (TPSA) is 110 Å². The molecular formula is C19H22N2O6S2. The van der Waals surface area contributed by atoms with Gasteiger partial charge in [-0.15, -0.1) is 0 Å². The second-order valence-corrected chi connectivity index (χ2v) is 10.4. The molecule has 0 saturated carbocycles. The number of ether oxygens (including phenoxy) is 1. The molecule has 0 aliphatic carbocycles. The van der Waals surface area contributed by atoms with Crippen LogP contribution in [0.5, 0.6) is 5.75 Å². The van der Waals surface area contributed by atoms with Gasteiger partial charge in [-0.25, -0.2) is 25.9 Å². The van der Waals surface area contributed by atoms with E-state index in [0.29, 0.717) is 6.42 Å². The Kier molecular flexibility index (Phi) is 5.97. The maximum Gasteiger partial charge on any atom is 0.244 e. The maximum absolute atomic E-state index is 12.5. The molecule has 10 heteroatoms. The number of benzene rings is 2. The molecule has 1 saturated heterocycles. The van der Waals surface area contributed by atoms with Crippen LogP contribution in [0.1, 0.15) is 12.5 Å². The molecule has 0 aromatic heterocycles. The Balaban J connectivity index is 1.67. The molecule has 1 unspecified atom stereocenters. The van der Waals surface area contributed by atoms with Gasteiger partial charge in [-0.1, -0.05) is 19.1 Å². The van der Waals surface area contributed by atoms with Crippen LogP contribution in [0.25, 0.3) is 0 Å². The molecule has 0 spiro atoms. The Morgan fingerprint density at radius 2 is 1.72 bits per heavy atom. The third-order valence-electron chi connectivity index (χ3n) is 4.61. The fourth-order valence-electron chi connectivity index (χ4n) is 3.05. The monoisotopic (exact) mass is 438 g/mol. The highest BCUT2D eigenvalue weighted by molar-refractivity contribution is 7.94. The van der Waals surface area contributed by atoms with E-state index in [1.54, 1.807) is 26.2 Å². The summed E-state index contributed by atoms with van der Waals surface area (Å²) in [6.07, 6.45) is 0.500. The first-order chi connectivity index (χ1) is 13.6. The summed E-state index contributed by atoms with van der Waals surface area (Å²) >= 11 is 0. The van der Waals surface area contributed by atoms with Crippen molar-refractivity contribution in [1.29, 1.82) is 0 Å². The molecule has 1 aliphatic heterocycles. The van der Waals surface area contributed by atoms with Gasteiger partial charge in [-0.3, -0.25) is 4.79 Å². The summed E-state index contributed by atoms with van der Waals surface area (Å²) in [4.78, 5) is 12.1. The van der Waals surface area contributed by atoms with Gasteiger partial charge < -0.3 is 4.74 Å². The number of carbonyl (C=O) groups is 1. The van der Waals surface area contributed by atoms with Crippen molar-refractivity contribution in [2.75, 3.05) is 23.7 Å². The lowest BCUT2D eigenvalue weighted by Crippen LogP contribution is -2.30. The number of hydrogen-bond acceptors (Lipinski definition) is 6. The Labute approximate surface area is 170 Å². The summed E-state index contributed by atoms with van der Waals surface area (Å²) in [5, 5.41) is 0. The molecule has 2 aromatic rings. The largest absolute Gasteiger partial charge is 0.497 e. The minimum absolute atomic E-state index is 0.00641. The zero-order chi connectivity index (χ0) is 21.2. The number of methoxy groups -OCH3 is 1. The second-order valence-electron chi connectivity index (χ2n) is 6.77. The third kappa shape index (κ3) is 4.60. The second kappa shape index (κ2) is 8.13. The van der Waals surface area contributed by atoms with Crippen molar-refractivity contribution in [3.05, 3.63) is 54.1 Å². The number of nitrogens with zero attached hydrogens (tertiary/aromatic N) is 1. The van der Waals surface area contributed by atoms with Gasteiger partial charge >= 0.3 is 0 Å². The number of anilines is 1. The van der Waals surface area contributed by atoms with Gasteiger partial charge in [0.25, 0.3) is 0 Å². The quantitative estimate of drug-likeness (QED) is 0.702. The minimum Gasteiger partial charge on any atom is -0.497 e. The van der Waals surface area contributed by atoms with Crippen molar-refractivity contribution >= 4 is 31.6 Å². The zero-order valence-electron chi connectivity index (χ0n) is 16.0. The number of rotatable bonds is 7. The molecule has 8 nitrogen and oxygen atoms in total. The van der Waals surface area contributed by atoms with Crippen LogP contribution >= 0.6 is 0 Å². The van der Waals surface area contributed by atoms with Crippen LogP contribution in [0.4, 0.5) is 5.69 Å². The lowest BCUT2D eigenvalue weighted by atomic mass is 10.1. The van der Waals surface area contributed by atoms with E-state index in [2.05, 4.69) is 4.72 Å². The minimum atomic E-state index is -3.76. The number of carbonyl (C=O) groups excluding carboxylic acids is 1. The molecule has 156 valence electrons. The van der Waals surface area contributed by atoms with E-state index in [9.17, 15) is 21.6 Å². The molecule has 1 aliphatic rings. The molecular weight excluding hydrogens is 416 g/mol. The summed E-state index contributed by atoms with van der Waals surface area (Å²) in [5.41, 5.74) is 1.09. The average molecular weight is 439 g/mol. The lowest BCUT2D eigenvalue weighted by molar-refractivity contribution is -0.119. The summed E-state index contributed by atoms with van der Waals surface area (Å²) in [6, 6.07) is 12.5. The molecule has 1 heterocycles. The number of hydrogen-bond donors (Lipinski definition) is 1. The fraction of sp³-hybridized carbons (Fsp3) is 0.316. The van der Waals surface area contributed by atoms with Gasteiger partial charge in [0.15, 0.2) is 0 Å². The summed E-state index contributed by atoms with van der Waals surface area (Å²) in [7, 11) is -5.92. The van der Waals surface area contributed by atoms with Gasteiger partial charge in [0, 0.05) is 6.54 Å². The first kappa shape index (κ1) is 21.3. The van der Waals surface area contributed by atoms with Gasteiger partial charge in [-0.05, 0) is 48.4 Å². The first-order valence-electron chi connectivity index (χ1n) is 8.93. The molecule has 1 fully saturated rings. The van der Waals surface area contributed by atoms with Crippen LogP contribution < -0.4 is 13.8 Å². The van der Waals surface area contributed by atoms with Gasteiger partial charge in [0.1, 0.15) is 5.75 Å². The lowest BCUT2D eigenvalue weighted by Gasteiger charge is -2.15. The maximum atomic E-state index is 12.5. The van der Waals surface area contributed by atoms with Crippen molar-refractivity contribution in [2.24, 2.45) is 5.92 Å². The van der Waals surface area contributed by atoms with Gasteiger partial charge in [-0.2, -0.15) is 0 Å². The van der Waals surface area contributed by atoms with Gasteiger partial charge in [0.2, 0.25) is 26.0 Å². The Hall–Kier alpha value is -2.43. The van der Waals surface area contributed by atoms with Crippen LogP contribution in [0.2, 0.25) is 0 Å². The average Bonchev–Trinajstić information content (AvgIpc) is 2.89. The summed E-state index contributed by atoms with van der Waals surface area (Å²) in [5.74, 6) is -0.665. The molecule has 1 amide bonds. The smallest absolute Gasteiger partial charge is 0.244 e. The van der Waals surface area contributed by atoms with E-state index in [0.717, 1.165) is 15.6 Å². The Bertz CT molecular complexity index is 1090. The Morgan fingerprint density at radius 3 is 2.24 bits per heavy atom. The van der Waals surface area contributed by atoms with Gasteiger partial charge in [0.05, 0.1) is 29.4 Å². The third-order valence-corrected chi connectivity index (χ3v) is 7.95. The van der Waals surface area contributed by atoms with E-state index < -0.39 is 31.9 Å². The molecule has 1 atom stereocenters. The predicted molar refractivity (Wildman–Crippen MR) is 109 cm³/mol. The Morgan fingerprint density at radius 1 is 1.10 bits per heavy atom. The summed E-state index contributed by atoms with van der Waals surface area (Å²) in [6.45, 7) is 1.75. The van der Waals surface area contributed by atoms with Crippen molar-refractivity contribution < 1.29 is 26.4 Å². The van der Waals surface area contributed by atoms with Crippen molar-refractivity contribution in [1.82, 2.24) is 4.72 Å². The fourth-order valence-corrected chi connectivity index (χ4v) is 5.91. The van der Waals surface area contributed by atoms with E-state index in [4.69, 9.17) is 4.74 Å². The SMILES string of the molecule is COc1ccc(CCNS(=O)(=O)c2ccc(N3C(=O)C(C)CS3(=O)=O)cc2)cc1. The van der Waals surface area contributed by atoms with Crippen LogP contribution in [0.3, 0.4) is 0 Å². The van der Waals surface area contributed by atoms with E-state index in [-0.39, 0.29) is 22.9 Å². The number of amides is 1. The molecule has 1 N–H and O–H groups in total. The highest BCUT2D eigenvalue weighted by Crippen LogP contribution is 2.28. The van der Waals surface area contributed by atoms with E-state index >= 15 is 0 Å². The van der Waals surface area contributed by atoms with E-state index in [1.165, 1.54) is 24.3 Å². The van der Waals surface area contributed by atoms with Crippen molar-refractivity contribution in [3.63, 3.8) is 0 Å². The van der Waals surface area contributed by atoms with Crippen LogP contribution in [0.15, 0.2) is 53.4 Å². The molecule has 29 heavy (non-hydrogen) atoms. The van der Waals surface area contributed by atoms with Crippen molar-refractivity contribution in [2.45, 2.75) is 18.2 Å². The normalized spacial score (nSPS) is 18.8. The molecule has 2 aromatic carbocycles. The van der Waals surface area contributed by atoms with Crippen LogP contribution in [-0.2, 0) is 31.3 Å². The number of nitrogens with one attached hydrogen (secondary N) is 1. The molecule has 0 bridgehead atoms. The highest BCUT2D eigenvalue weighted by atomic mass is 32.2. The van der Waals surface area contributed by atoms with Crippen LogP contribution in [-0.4, -0.2) is 42.2 Å². The van der Waals surface area contributed by atoms with Crippen LogP contribution in [0, 0.1) is 5.92 Å². The molecule has 3 rings (SSSR count). The standard InChI is InChI=1S/C19H22N2O6S2/c1-14-13-28(23,24)21(19(14)22)16-5-9-18(10-6-16)29(25,26)20-12-11-15-3-7-17(27-2)8-4-15/h3-10,14,20H,11-13H2,1-2H3. The molecule has 0 radical (unpaired) electrons. The van der Waals surface area contributed by atoms with E-state index in [1.807, 2.05) is 12.1 Å².